The number of para-hydroxylation sites is 1. The van der Waals surface area contributed by atoms with E-state index in [2.05, 4.69) is 5.10 Å². The van der Waals surface area contributed by atoms with E-state index in [1.54, 1.807) is 5.01 Å². The molecular weight excluding hydrogens is 192 g/mol. The summed E-state index contributed by atoms with van der Waals surface area (Å²) in [5.74, 6) is -0.996. The molecule has 80 valence electrons. The Morgan fingerprint density at radius 1 is 1.40 bits per heavy atom. The van der Waals surface area contributed by atoms with Crippen LogP contribution in [0.5, 0.6) is 0 Å². The molecule has 4 nitrogen and oxygen atoms in total. The van der Waals surface area contributed by atoms with Gasteiger partial charge < -0.3 is 5.11 Å². The van der Waals surface area contributed by atoms with E-state index in [0.717, 1.165) is 5.69 Å². The second kappa shape index (κ2) is 5.14. The summed E-state index contributed by atoms with van der Waals surface area (Å²) in [7, 11) is 0. The second-order valence-corrected chi connectivity index (χ2v) is 3.04. The smallest absolute Gasteiger partial charge is 0.351 e. The Morgan fingerprint density at radius 2 is 2.00 bits per heavy atom. The number of anilines is 1. The molecule has 1 N–H and O–H groups in total. The summed E-state index contributed by atoms with van der Waals surface area (Å²) in [6.07, 6.45) is 0. The minimum Gasteiger partial charge on any atom is -0.477 e. The number of aliphatic carboxylic acids is 1. The predicted octanol–water partition coefficient (Wildman–Crippen LogP) is 1.97. The maximum atomic E-state index is 10.6. The van der Waals surface area contributed by atoms with Crippen molar-refractivity contribution < 1.29 is 9.90 Å². The van der Waals surface area contributed by atoms with Crippen molar-refractivity contribution in [2.75, 3.05) is 11.6 Å². The van der Waals surface area contributed by atoms with Gasteiger partial charge in [0.15, 0.2) is 0 Å². The standard InChI is InChI=1S/C11H14N2O2/c1-3-13(12-9(2)11(14)15)10-7-5-4-6-8-10/h4-8H,3H2,1-2H3,(H,14,15)/b12-9-. The lowest BCUT2D eigenvalue weighted by molar-refractivity contribution is -0.129. The fraction of sp³-hybridized carbons (Fsp3) is 0.273. The van der Waals surface area contributed by atoms with E-state index >= 15 is 0 Å². The largest absolute Gasteiger partial charge is 0.477 e. The van der Waals surface area contributed by atoms with Crippen molar-refractivity contribution in [3.8, 4) is 0 Å². The molecule has 0 saturated carbocycles. The summed E-state index contributed by atoms with van der Waals surface area (Å²) >= 11 is 0. The lowest BCUT2D eigenvalue weighted by Gasteiger charge is -2.17. The van der Waals surface area contributed by atoms with Crippen LogP contribution in [0, 0.1) is 0 Å². The highest BCUT2D eigenvalue weighted by molar-refractivity contribution is 6.34. The van der Waals surface area contributed by atoms with Gasteiger partial charge in [-0.2, -0.15) is 5.10 Å². The van der Waals surface area contributed by atoms with E-state index in [-0.39, 0.29) is 5.71 Å². The fourth-order valence-electron chi connectivity index (χ4n) is 1.13. The Morgan fingerprint density at radius 3 is 2.47 bits per heavy atom. The molecule has 4 heteroatoms. The molecule has 0 atom stereocenters. The van der Waals surface area contributed by atoms with Gasteiger partial charge in [-0.05, 0) is 26.0 Å². The molecule has 0 aliphatic rings. The molecule has 0 bridgehead atoms. The second-order valence-electron chi connectivity index (χ2n) is 3.04. The van der Waals surface area contributed by atoms with Crippen LogP contribution < -0.4 is 5.01 Å². The number of hydrogen-bond acceptors (Lipinski definition) is 3. The summed E-state index contributed by atoms with van der Waals surface area (Å²) in [6, 6.07) is 9.47. The first kappa shape index (κ1) is 11.2. The van der Waals surface area contributed by atoms with Crippen molar-refractivity contribution in [3.63, 3.8) is 0 Å². The molecule has 1 aromatic carbocycles. The number of carbonyl (C=O) groups is 1. The van der Waals surface area contributed by atoms with Gasteiger partial charge in [-0.15, -0.1) is 0 Å². The Hall–Kier alpha value is -1.84. The van der Waals surface area contributed by atoms with Crippen LogP contribution in [-0.2, 0) is 4.79 Å². The fourth-order valence-corrected chi connectivity index (χ4v) is 1.13. The Labute approximate surface area is 88.8 Å². The van der Waals surface area contributed by atoms with Crippen molar-refractivity contribution >= 4 is 17.4 Å². The normalized spacial score (nSPS) is 11.2. The molecule has 0 amide bonds. The van der Waals surface area contributed by atoms with Crippen molar-refractivity contribution in [1.29, 1.82) is 0 Å². The van der Waals surface area contributed by atoms with Crippen LogP contribution in [0.25, 0.3) is 0 Å². The molecule has 0 aliphatic heterocycles. The first-order valence-corrected chi connectivity index (χ1v) is 4.76. The van der Waals surface area contributed by atoms with Crippen LogP contribution in [0.4, 0.5) is 5.69 Å². The molecule has 0 saturated heterocycles. The van der Waals surface area contributed by atoms with E-state index in [9.17, 15) is 4.79 Å². The van der Waals surface area contributed by atoms with Crippen molar-refractivity contribution in [2.24, 2.45) is 5.10 Å². The lowest BCUT2D eigenvalue weighted by Crippen LogP contribution is -2.20. The van der Waals surface area contributed by atoms with Crippen LogP contribution >= 0.6 is 0 Å². The summed E-state index contributed by atoms with van der Waals surface area (Å²) in [5.41, 5.74) is 0.973. The van der Waals surface area contributed by atoms with Crippen LogP contribution in [0.15, 0.2) is 35.4 Å². The Bertz CT molecular complexity index is 360. The van der Waals surface area contributed by atoms with Crippen molar-refractivity contribution in [2.45, 2.75) is 13.8 Å². The van der Waals surface area contributed by atoms with Gasteiger partial charge in [-0.25, -0.2) is 4.79 Å². The number of rotatable bonds is 4. The van der Waals surface area contributed by atoms with E-state index < -0.39 is 5.97 Å². The number of nitrogens with zero attached hydrogens (tertiary/aromatic N) is 2. The van der Waals surface area contributed by atoms with Crippen LogP contribution in [-0.4, -0.2) is 23.3 Å². The number of carboxylic acids is 1. The van der Waals surface area contributed by atoms with Gasteiger partial charge in [-0.3, -0.25) is 5.01 Å². The number of benzene rings is 1. The van der Waals surface area contributed by atoms with Gasteiger partial charge in [0.25, 0.3) is 0 Å². The minimum absolute atomic E-state index is 0.0840. The molecule has 0 spiro atoms. The van der Waals surface area contributed by atoms with Crippen molar-refractivity contribution in [3.05, 3.63) is 30.3 Å². The van der Waals surface area contributed by atoms with E-state index in [1.807, 2.05) is 37.3 Å². The summed E-state index contributed by atoms with van der Waals surface area (Å²) in [6.45, 7) is 4.04. The Balaban J connectivity index is 2.91. The van der Waals surface area contributed by atoms with E-state index in [4.69, 9.17) is 5.11 Å². The zero-order chi connectivity index (χ0) is 11.3. The van der Waals surface area contributed by atoms with Gasteiger partial charge in [0.05, 0.1) is 5.69 Å². The quantitative estimate of drug-likeness (QED) is 0.605. The van der Waals surface area contributed by atoms with Crippen LogP contribution in [0.1, 0.15) is 13.8 Å². The minimum atomic E-state index is -0.996. The van der Waals surface area contributed by atoms with E-state index in [0.29, 0.717) is 6.54 Å². The van der Waals surface area contributed by atoms with Crippen LogP contribution in [0.2, 0.25) is 0 Å². The zero-order valence-corrected chi connectivity index (χ0v) is 8.84. The highest BCUT2D eigenvalue weighted by Gasteiger charge is 2.06. The molecule has 15 heavy (non-hydrogen) atoms. The SMILES string of the molecule is CCN(/N=C(/C)C(=O)O)c1ccccc1. The average molecular weight is 206 g/mol. The van der Waals surface area contributed by atoms with Crippen LogP contribution in [0.3, 0.4) is 0 Å². The molecule has 1 aromatic rings. The third-order valence-corrected chi connectivity index (χ3v) is 1.93. The molecule has 1 rings (SSSR count). The van der Waals surface area contributed by atoms with E-state index in [1.165, 1.54) is 6.92 Å². The van der Waals surface area contributed by atoms with Gasteiger partial charge >= 0.3 is 5.97 Å². The summed E-state index contributed by atoms with van der Waals surface area (Å²) < 4.78 is 0. The third kappa shape index (κ3) is 3.09. The molecule has 0 heterocycles. The molecule has 0 aromatic heterocycles. The van der Waals surface area contributed by atoms with Gasteiger partial charge in [0.2, 0.25) is 0 Å². The molecule has 0 aliphatic carbocycles. The summed E-state index contributed by atoms with van der Waals surface area (Å²) in [4.78, 5) is 10.6. The number of hydrazone groups is 1. The number of hydrogen-bond donors (Lipinski definition) is 1. The molecule has 0 unspecified atom stereocenters. The maximum Gasteiger partial charge on any atom is 0.351 e. The topological polar surface area (TPSA) is 52.9 Å². The van der Waals surface area contributed by atoms with Gasteiger partial charge in [0.1, 0.15) is 5.71 Å². The molecular formula is C11H14N2O2. The zero-order valence-electron chi connectivity index (χ0n) is 8.84. The number of carboxylic acid groups (broad SMARTS) is 1. The molecule has 0 radical (unpaired) electrons. The molecule has 0 fully saturated rings. The maximum absolute atomic E-state index is 10.6. The van der Waals surface area contributed by atoms with Gasteiger partial charge in [0, 0.05) is 6.54 Å². The first-order chi connectivity index (χ1) is 7.15. The monoisotopic (exact) mass is 206 g/mol. The van der Waals surface area contributed by atoms with Gasteiger partial charge in [-0.1, -0.05) is 18.2 Å². The average Bonchev–Trinajstić information content (AvgIpc) is 2.26. The highest BCUT2D eigenvalue weighted by Crippen LogP contribution is 2.13. The van der Waals surface area contributed by atoms with Crippen molar-refractivity contribution in [1.82, 2.24) is 0 Å². The lowest BCUT2D eigenvalue weighted by atomic mass is 10.3. The first-order valence-electron chi connectivity index (χ1n) is 4.76. The summed E-state index contributed by atoms with van der Waals surface area (Å²) in [5, 5.41) is 14.4. The predicted molar refractivity (Wildman–Crippen MR) is 60.2 cm³/mol. The third-order valence-electron chi connectivity index (χ3n) is 1.93. The highest BCUT2D eigenvalue weighted by atomic mass is 16.4. The Kier molecular flexibility index (Phi) is 3.85.